The number of benzene rings is 1. The fourth-order valence-electron chi connectivity index (χ4n) is 1.84. The van der Waals surface area contributed by atoms with E-state index in [2.05, 4.69) is 29.9 Å². The van der Waals surface area contributed by atoms with Crippen LogP contribution in [0, 0.1) is 5.92 Å². The fourth-order valence-corrected chi connectivity index (χ4v) is 2.96. The molecule has 1 atom stereocenters. The first-order chi connectivity index (χ1) is 8.56. The van der Waals surface area contributed by atoms with Crippen LogP contribution < -0.4 is 5.73 Å². The van der Waals surface area contributed by atoms with Crippen molar-refractivity contribution in [2.45, 2.75) is 13.5 Å². The summed E-state index contributed by atoms with van der Waals surface area (Å²) in [5.41, 5.74) is 6.71. The van der Waals surface area contributed by atoms with Crippen LogP contribution in [0.1, 0.15) is 11.9 Å². The summed E-state index contributed by atoms with van der Waals surface area (Å²) in [6.07, 6.45) is 0. The van der Waals surface area contributed by atoms with Crippen LogP contribution in [0.15, 0.2) is 24.3 Å². The molecule has 2 rings (SSSR count). The van der Waals surface area contributed by atoms with Crippen LogP contribution in [0.4, 0.5) is 0 Å². The summed E-state index contributed by atoms with van der Waals surface area (Å²) in [6, 6.07) is 8.22. The molecule has 1 aromatic heterocycles. The summed E-state index contributed by atoms with van der Waals surface area (Å²) in [7, 11) is 2.07. The van der Waals surface area contributed by atoms with Gasteiger partial charge in [-0.3, -0.25) is 4.90 Å². The molecular formula is C13H17N3S2. The van der Waals surface area contributed by atoms with Crippen molar-refractivity contribution in [3.8, 4) is 0 Å². The number of hydrogen-bond acceptors (Lipinski definition) is 4. The number of hydrogen-bond donors (Lipinski definition) is 1. The van der Waals surface area contributed by atoms with Gasteiger partial charge in [-0.15, -0.1) is 11.3 Å². The number of thiazole rings is 1. The van der Waals surface area contributed by atoms with Gasteiger partial charge in [0.2, 0.25) is 0 Å². The molecule has 0 bridgehead atoms. The first-order valence-corrected chi connectivity index (χ1v) is 7.11. The van der Waals surface area contributed by atoms with Crippen molar-refractivity contribution in [1.29, 1.82) is 0 Å². The van der Waals surface area contributed by atoms with Gasteiger partial charge in [0, 0.05) is 12.5 Å². The van der Waals surface area contributed by atoms with E-state index in [-0.39, 0.29) is 5.92 Å². The van der Waals surface area contributed by atoms with E-state index in [1.165, 1.54) is 4.70 Å². The summed E-state index contributed by atoms with van der Waals surface area (Å²) in [6.45, 7) is 3.76. The van der Waals surface area contributed by atoms with Crippen LogP contribution in [0.5, 0.6) is 0 Å². The second-order valence-electron chi connectivity index (χ2n) is 4.58. The Morgan fingerprint density at radius 2 is 2.22 bits per heavy atom. The molecule has 0 saturated carbocycles. The third-order valence-corrected chi connectivity index (χ3v) is 4.24. The molecule has 0 saturated heterocycles. The number of aromatic nitrogens is 1. The van der Waals surface area contributed by atoms with E-state index in [0.717, 1.165) is 23.6 Å². The SMILES string of the molecule is CC(CN(C)Cc1nc2ccccc2s1)C(N)=S. The molecule has 0 aliphatic heterocycles. The molecule has 0 amide bonds. The normalized spacial score (nSPS) is 13.1. The number of fused-ring (bicyclic) bond motifs is 1. The Kier molecular flexibility index (Phi) is 4.27. The Labute approximate surface area is 117 Å². The van der Waals surface area contributed by atoms with Gasteiger partial charge in [-0.2, -0.15) is 0 Å². The summed E-state index contributed by atoms with van der Waals surface area (Å²) in [4.78, 5) is 7.40. The topological polar surface area (TPSA) is 42.2 Å². The van der Waals surface area contributed by atoms with Crippen molar-refractivity contribution >= 4 is 38.8 Å². The van der Waals surface area contributed by atoms with Crippen LogP contribution in [-0.2, 0) is 6.54 Å². The van der Waals surface area contributed by atoms with Crippen molar-refractivity contribution in [1.82, 2.24) is 9.88 Å². The van der Waals surface area contributed by atoms with Gasteiger partial charge in [-0.05, 0) is 19.2 Å². The molecule has 0 aliphatic rings. The van der Waals surface area contributed by atoms with Crippen LogP contribution in [0.25, 0.3) is 10.2 Å². The molecule has 2 aromatic rings. The largest absolute Gasteiger partial charge is 0.393 e. The molecule has 0 radical (unpaired) electrons. The van der Waals surface area contributed by atoms with Crippen molar-refractivity contribution in [3.63, 3.8) is 0 Å². The van der Waals surface area contributed by atoms with Crippen LogP contribution in [0.2, 0.25) is 0 Å². The smallest absolute Gasteiger partial charge is 0.108 e. The van der Waals surface area contributed by atoms with E-state index in [0.29, 0.717) is 4.99 Å². The molecule has 1 heterocycles. The van der Waals surface area contributed by atoms with Crippen LogP contribution in [-0.4, -0.2) is 28.5 Å². The van der Waals surface area contributed by atoms with Gasteiger partial charge in [0.1, 0.15) is 5.01 Å². The highest BCUT2D eigenvalue weighted by Crippen LogP contribution is 2.22. The Morgan fingerprint density at radius 1 is 1.50 bits per heavy atom. The zero-order valence-electron chi connectivity index (χ0n) is 10.6. The van der Waals surface area contributed by atoms with Gasteiger partial charge in [-0.1, -0.05) is 31.3 Å². The number of rotatable bonds is 5. The molecule has 1 unspecified atom stereocenters. The predicted molar refractivity (Wildman–Crippen MR) is 81.9 cm³/mol. The standard InChI is InChI=1S/C13H17N3S2/c1-9(13(14)17)7-16(2)8-12-15-10-5-3-4-6-11(10)18-12/h3-6,9H,7-8H2,1-2H3,(H2,14,17). The lowest BCUT2D eigenvalue weighted by Gasteiger charge is -2.19. The van der Waals surface area contributed by atoms with Crippen molar-refractivity contribution in [2.75, 3.05) is 13.6 Å². The average Bonchev–Trinajstić information content (AvgIpc) is 2.70. The number of nitrogens with two attached hydrogens (primary N) is 1. The molecule has 1 aromatic carbocycles. The maximum absolute atomic E-state index is 5.63. The van der Waals surface area contributed by atoms with Crippen LogP contribution >= 0.6 is 23.6 Å². The Morgan fingerprint density at radius 3 is 2.89 bits per heavy atom. The lowest BCUT2D eigenvalue weighted by atomic mass is 10.2. The third kappa shape index (κ3) is 3.25. The molecule has 2 N–H and O–H groups in total. The van der Waals surface area contributed by atoms with Crippen LogP contribution in [0.3, 0.4) is 0 Å². The zero-order chi connectivity index (χ0) is 13.1. The van der Waals surface area contributed by atoms with Gasteiger partial charge in [0.25, 0.3) is 0 Å². The highest BCUT2D eigenvalue weighted by Gasteiger charge is 2.11. The molecule has 5 heteroatoms. The highest BCUT2D eigenvalue weighted by molar-refractivity contribution is 7.80. The Hall–Kier alpha value is -1.04. The van der Waals surface area contributed by atoms with Gasteiger partial charge < -0.3 is 5.73 Å². The van der Waals surface area contributed by atoms with E-state index < -0.39 is 0 Å². The summed E-state index contributed by atoms with van der Waals surface area (Å²) in [5, 5.41) is 1.13. The Balaban J connectivity index is 2.02. The summed E-state index contributed by atoms with van der Waals surface area (Å²) in [5.74, 6) is 0.236. The van der Waals surface area contributed by atoms with E-state index in [1.807, 2.05) is 18.2 Å². The van der Waals surface area contributed by atoms with Crippen molar-refractivity contribution in [3.05, 3.63) is 29.3 Å². The predicted octanol–water partition coefficient (Wildman–Crippen LogP) is 2.65. The van der Waals surface area contributed by atoms with E-state index in [9.17, 15) is 0 Å². The minimum Gasteiger partial charge on any atom is -0.393 e. The molecule has 0 spiro atoms. The lowest BCUT2D eigenvalue weighted by Crippen LogP contribution is -2.31. The van der Waals surface area contributed by atoms with Gasteiger partial charge in [-0.25, -0.2) is 4.98 Å². The van der Waals surface area contributed by atoms with Gasteiger partial charge in [0.15, 0.2) is 0 Å². The maximum Gasteiger partial charge on any atom is 0.108 e. The zero-order valence-corrected chi connectivity index (χ0v) is 12.2. The lowest BCUT2D eigenvalue weighted by molar-refractivity contribution is 0.307. The van der Waals surface area contributed by atoms with Gasteiger partial charge in [0.05, 0.1) is 21.7 Å². The Bertz CT molecular complexity index is 517. The maximum atomic E-state index is 5.63. The second kappa shape index (κ2) is 5.73. The molecule has 0 fully saturated rings. The average molecular weight is 279 g/mol. The molecule has 96 valence electrons. The second-order valence-corrected chi connectivity index (χ2v) is 6.16. The molecule has 3 nitrogen and oxygen atoms in total. The van der Waals surface area contributed by atoms with E-state index >= 15 is 0 Å². The van der Waals surface area contributed by atoms with E-state index in [4.69, 9.17) is 18.0 Å². The van der Waals surface area contributed by atoms with Gasteiger partial charge >= 0.3 is 0 Å². The van der Waals surface area contributed by atoms with E-state index in [1.54, 1.807) is 11.3 Å². The first-order valence-electron chi connectivity index (χ1n) is 5.88. The number of nitrogens with zero attached hydrogens (tertiary/aromatic N) is 2. The molecular weight excluding hydrogens is 262 g/mol. The first kappa shape index (κ1) is 13.4. The highest BCUT2D eigenvalue weighted by atomic mass is 32.1. The monoisotopic (exact) mass is 279 g/mol. The summed E-state index contributed by atoms with van der Waals surface area (Å²) < 4.78 is 1.24. The van der Waals surface area contributed by atoms with Crippen molar-refractivity contribution in [2.24, 2.45) is 11.7 Å². The minimum atomic E-state index is 0.236. The quantitative estimate of drug-likeness (QED) is 0.854. The van der Waals surface area contributed by atoms with Crippen molar-refractivity contribution < 1.29 is 0 Å². The fraction of sp³-hybridized carbons (Fsp3) is 0.385. The number of para-hydroxylation sites is 1. The minimum absolute atomic E-state index is 0.236. The summed E-state index contributed by atoms with van der Waals surface area (Å²) >= 11 is 6.74. The number of thiocarbonyl (C=S) groups is 1. The third-order valence-electron chi connectivity index (χ3n) is 2.81. The molecule has 0 aliphatic carbocycles. The molecule has 18 heavy (non-hydrogen) atoms.